The summed E-state index contributed by atoms with van der Waals surface area (Å²) < 4.78 is 1.14. The van der Waals surface area contributed by atoms with E-state index in [2.05, 4.69) is 9.97 Å². The number of H-pyrrole nitrogens is 1. The van der Waals surface area contributed by atoms with Crippen LogP contribution >= 0.6 is 11.6 Å². The van der Waals surface area contributed by atoms with Crippen LogP contribution in [0.5, 0.6) is 0 Å². The minimum Gasteiger partial charge on any atom is -0.306 e. The van der Waals surface area contributed by atoms with Crippen molar-refractivity contribution in [3.8, 4) is 16.8 Å². The standard InChI is InChI=1S/C24H16ClN3O2/c1-14-6-9-20(25)19(10-14)15-7-8-18-21(11-15)27-24(30)28(23(18)29)22-13-26-12-16-4-2-3-5-17(16)22/h2-13H,1H3,(H,27,30). The fourth-order valence-electron chi connectivity index (χ4n) is 3.74. The minimum absolute atomic E-state index is 0.395. The lowest BCUT2D eigenvalue weighted by molar-refractivity contribution is 0.902. The molecule has 0 radical (unpaired) electrons. The Morgan fingerprint density at radius 1 is 0.933 bits per heavy atom. The molecule has 0 bridgehead atoms. The predicted molar refractivity (Wildman–Crippen MR) is 121 cm³/mol. The molecular weight excluding hydrogens is 398 g/mol. The molecule has 0 saturated carbocycles. The molecule has 3 aromatic carbocycles. The SMILES string of the molecule is Cc1ccc(Cl)c(-c2ccc3c(=O)n(-c4cncc5ccccc45)c(=O)[nH]c3c2)c1. The first-order chi connectivity index (χ1) is 14.5. The summed E-state index contributed by atoms with van der Waals surface area (Å²) in [6.45, 7) is 1.99. The van der Waals surface area contributed by atoms with E-state index in [1.54, 1.807) is 18.3 Å². The van der Waals surface area contributed by atoms with Crippen molar-refractivity contribution in [2.45, 2.75) is 6.92 Å². The van der Waals surface area contributed by atoms with E-state index in [0.29, 0.717) is 21.6 Å². The van der Waals surface area contributed by atoms with Crippen LogP contribution in [-0.4, -0.2) is 14.5 Å². The van der Waals surface area contributed by atoms with Crippen LogP contribution < -0.4 is 11.2 Å². The molecule has 1 N–H and O–H groups in total. The molecule has 30 heavy (non-hydrogen) atoms. The second-order valence-corrected chi connectivity index (χ2v) is 7.60. The number of aryl methyl sites for hydroxylation is 1. The number of rotatable bonds is 2. The number of hydrogen-bond acceptors (Lipinski definition) is 3. The first-order valence-corrected chi connectivity index (χ1v) is 9.79. The highest BCUT2D eigenvalue weighted by Gasteiger charge is 2.14. The topological polar surface area (TPSA) is 67.8 Å². The maximum Gasteiger partial charge on any atom is 0.333 e. The lowest BCUT2D eigenvalue weighted by atomic mass is 10.0. The molecule has 6 heteroatoms. The summed E-state index contributed by atoms with van der Waals surface area (Å²) in [6.07, 6.45) is 3.24. The second-order valence-electron chi connectivity index (χ2n) is 7.19. The van der Waals surface area contributed by atoms with Gasteiger partial charge in [-0.2, -0.15) is 0 Å². The molecule has 2 heterocycles. The molecule has 0 spiro atoms. The molecule has 0 aliphatic heterocycles. The molecule has 146 valence electrons. The van der Waals surface area contributed by atoms with Gasteiger partial charge in [-0.15, -0.1) is 0 Å². The Morgan fingerprint density at radius 3 is 2.63 bits per heavy atom. The molecule has 0 saturated heterocycles. The zero-order valence-electron chi connectivity index (χ0n) is 16.0. The number of halogens is 1. The zero-order chi connectivity index (χ0) is 20.8. The van der Waals surface area contributed by atoms with E-state index in [9.17, 15) is 9.59 Å². The van der Waals surface area contributed by atoms with Crippen LogP contribution in [-0.2, 0) is 0 Å². The van der Waals surface area contributed by atoms with E-state index in [4.69, 9.17) is 11.6 Å². The van der Waals surface area contributed by atoms with Crippen molar-refractivity contribution < 1.29 is 0 Å². The Hall–Kier alpha value is -3.70. The first kappa shape index (κ1) is 18.3. The van der Waals surface area contributed by atoms with Crippen molar-refractivity contribution >= 4 is 33.3 Å². The number of nitrogens with zero attached hydrogens (tertiary/aromatic N) is 2. The van der Waals surface area contributed by atoms with E-state index >= 15 is 0 Å². The average Bonchev–Trinajstić information content (AvgIpc) is 2.75. The number of benzene rings is 3. The van der Waals surface area contributed by atoms with Gasteiger partial charge in [0.25, 0.3) is 5.56 Å². The van der Waals surface area contributed by atoms with E-state index in [1.165, 1.54) is 6.20 Å². The molecule has 2 aromatic heterocycles. The first-order valence-electron chi connectivity index (χ1n) is 9.42. The average molecular weight is 414 g/mol. The van der Waals surface area contributed by atoms with Gasteiger partial charge in [-0.1, -0.05) is 53.6 Å². The van der Waals surface area contributed by atoms with Gasteiger partial charge in [0.05, 0.1) is 22.8 Å². The Bertz CT molecular complexity index is 1560. The molecule has 0 amide bonds. The van der Waals surface area contributed by atoms with Crippen molar-refractivity contribution in [1.29, 1.82) is 0 Å². The van der Waals surface area contributed by atoms with Crippen LogP contribution in [0.1, 0.15) is 5.56 Å². The lowest BCUT2D eigenvalue weighted by Gasteiger charge is -2.11. The predicted octanol–water partition coefficient (Wildman–Crippen LogP) is 4.86. The summed E-state index contributed by atoms with van der Waals surface area (Å²) in [4.78, 5) is 33.2. The van der Waals surface area contributed by atoms with E-state index < -0.39 is 11.2 Å². The monoisotopic (exact) mass is 413 g/mol. The van der Waals surface area contributed by atoms with Crippen LogP contribution in [0.3, 0.4) is 0 Å². The van der Waals surface area contributed by atoms with Gasteiger partial charge in [-0.25, -0.2) is 9.36 Å². The molecule has 0 atom stereocenters. The van der Waals surface area contributed by atoms with Crippen LogP contribution in [0, 0.1) is 6.92 Å². The molecule has 5 rings (SSSR count). The third-order valence-corrected chi connectivity index (χ3v) is 5.55. The van der Waals surface area contributed by atoms with Gasteiger partial charge >= 0.3 is 5.69 Å². The largest absolute Gasteiger partial charge is 0.333 e. The zero-order valence-corrected chi connectivity index (χ0v) is 16.8. The van der Waals surface area contributed by atoms with Crippen molar-refractivity contribution in [3.63, 3.8) is 0 Å². The van der Waals surface area contributed by atoms with Gasteiger partial charge in [0.2, 0.25) is 0 Å². The van der Waals surface area contributed by atoms with Crippen LogP contribution in [0.2, 0.25) is 5.02 Å². The fraction of sp³-hybridized carbons (Fsp3) is 0.0417. The van der Waals surface area contributed by atoms with Crippen LogP contribution in [0.4, 0.5) is 0 Å². The van der Waals surface area contributed by atoms with Crippen molar-refractivity contribution in [2.24, 2.45) is 0 Å². The third-order valence-electron chi connectivity index (χ3n) is 5.22. The summed E-state index contributed by atoms with van der Waals surface area (Å²) in [5, 5.41) is 2.65. The highest BCUT2D eigenvalue weighted by Crippen LogP contribution is 2.30. The second kappa shape index (κ2) is 6.97. The van der Waals surface area contributed by atoms with Crippen LogP contribution in [0.15, 0.2) is 82.6 Å². The molecule has 5 nitrogen and oxygen atoms in total. The van der Waals surface area contributed by atoms with E-state index in [0.717, 1.165) is 32.0 Å². The molecule has 0 unspecified atom stereocenters. The Morgan fingerprint density at radius 2 is 1.77 bits per heavy atom. The van der Waals surface area contributed by atoms with Crippen molar-refractivity contribution in [1.82, 2.24) is 14.5 Å². The van der Waals surface area contributed by atoms with Gasteiger partial charge in [0.1, 0.15) is 0 Å². The molecular formula is C24H16ClN3O2. The molecule has 0 fully saturated rings. The van der Waals surface area contributed by atoms with Crippen molar-refractivity contribution in [3.05, 3.63) is 104 Å². The summed E-state index contributed by atoms with van der Waals surface area (Å²) in [5.41, 5.74) is 2.75. The van der Waals surface area contributed by atoms with E-state index in [1.807, 2.05) is 55.5 Å². The lowest BCUT2D eigenvalue weighted by Crippen LogP contribution is -2.33. The molecule has 5 aromatic rings. The highest BCUT2D eigenvalue weighted by atomic mass is 35.5. The van der Waals surface area contributed by atoms with Gasteiger partial charge in [-0.05, 0) is 36.8 Å². The number of fused-ring (bicyclic) bond motifs is 2. The normalized spacial score (nSPS) is 11.3. The van der Waals surface area contributed by atoms with Gasteiger partial charge in [0, 0.05) is 27.6 Å². The van der Waals surface area contributed by atoms with Gasteiger partial charge < -0.3 is 4.98 Å². The Balaban J connectivity index is 1.76. The summed E-state index contributed by atoms with van der Waals surface area (Å²) in [5.74, 6) is 0. The maximum absolute atomic E-state index is 13.3. The summed E-state index contributed by atoms with van der Waals surface area (Å²) >= 11 is 6.36. The van der Waals surface area contributed by atoms with Gasteiger partial charge in [-0.3, -0.25) is 9.78 Å². The highest BCUT2D eigenvalue weighted by molar-refractivity contribution is 6.33. The Labute approximate surface area is 176 Å². The third kappa shape index (κ3) is 2.91. The van der Waals surface area contributed by atoms with E-state index in [-0.39, 0.29) is 0 Å². The van der Waals surface area contributed by atoms with Crippen LogP contribution in [0.25, 0.3) is 38.5 Å². The number of aromatic nitrogens is 3. The number of aromatic amines is 1. The fourth-order valence-corrected chi connectivity index (χ4v) is 3.97. The van der Waals surface area contributed by atoms with Gasteiger partial charge in [0.15, 0.2) is 0 Å². The molecule has 0 aliphatic rings. The van der Waals surface area contributed by atoms with Crippen molar-refractivity contribution in [2.75, 3.05) is 0 Å². The summed E-state index contributed by atoms with van der Waals surface area (Å²) in [6, 6.07) is 18.6. The minimum atomic E-state index is -0.516. The number of nitrogens with one attached hydrogen (secondary N) is 1. The smallest absolute Gasteiger partial charge is 0.306 e. The number of pyridine rings is 1. The quantitative estimate of drug-likeness (QED) is 0.449. The number of hydrogen-bond donors (Lipinski definition) is 1. The molecule has 0 aliphatic carbocycles. The Kier molecular flexibility index (Phi) is 4.26. The summed E-state index contributed by atoms with van der Waals surface area (Å²) in [7, 11) is 0. The maximum atomic E-state index is 13.3.